The van der Waals surface area contributed by atoms with Gasteiger partial charge >= 0.3 is 0 Å². The van der Waals surface area contributed by atoms with Crippen molar-refractivity contribution >= 4 is 17.5 Å². The van der Waals surface area contributed by atoms with Crippen molar-refractivity contribution < 1.29 is 14.1 Å². The first-order valence-electron chi connectivity index (χ1n) is 6.71. The summed E-state index contributed by atoms with van der Waals surface area (Å²) in [6, 6.07) is 0. The molecule has 0 radical (unpaired) electrons. The lowest BCUT2D eigenvalue weighted by Crippen LogP contribution is -2.34. The van der Waals surface area contributed by atoms with Gasteiger partial charge in [-0.25, -0.2) is 4.90 Å². The third-order valence-electron chi connectivity index (χ3n) is 3.25. The van der Waals surface area contributed by atoms with E-state index in [1.165, 1.54) is 13.1 Å². The van der Waals surface area contributed by atoms with Gasteiger partial charge in [-0.3, -0.25) is 14.3 Å². The highest BCUT2D eigenvalue weighted by molar-refractivity contribution is 6.13. The summed E-state index contributed by atoms with van der Waals surface area (Å²) in [5, 5.41) is 8.08. The Morgan fingerprint density at radius 3 is 2.62 bits per heavy atom. The minimum atomic E-state index is -0.321. The SMILES string of the molecule is CCC(=O)N(C(C)=O)c1cnn(Cc2c(C)noc2C)c1. The van der Waals surface area contributed by atoms with Crippen molar-refractivity contribution in [3.63, 3.8) is 0 Å². The molecule has 0 aliphatic carbocycles. The molecule has 2 heterocycles. The molecule has 0 bridgehead atoms. The third-order valence-corrected chi connectivity index (χ3v) is 3.25. The molecule has 0 aliphatic rings. The summed E-state index contributed by atoms with van der Waals surface area (Å²) in [5.74, 6) is 0.163. The van der Waals surface area contributed by atoms with Crippen molar-refractivity contribution in [3.8, 4) is 0 Å². The first-order valence-corrected chi connectivity index (χ1v) is 6.71. The molecule has 0 aromatic carbocycles. The summed E-state index contributed by atoms with van der Waals surface area (Å²) >= 11 is 0. The van der Waals surface area contributed by atoms with Gasteiger partial charge in [0.2, 0.25) is 11.8 Å². The molecule has 21 heavy (non-hydrogen) atoms. The van der Waals surface area contributed by atoms with Gasteiger partial charge in [0.15, 0.2) is 0 Å². The van der Waals surface area contributed by atoms with E-state index in [0.717, 1.165) is 21.9 Å². The van der Waals surface area contributed by atoms with E-state index in [-0.39, 0.29) is 18.2 Å². The first-order chi connectivity index (χ1) is 9.93. The standard InChI is InChI=1S/C14H18N4O3/c1-5-14(20)18(11(4)19)12-6-15-17(7-12)8-13-9(2)16-21-10(13)3/h6-7H,5,8H2,1-4H3. The topological polar surface area (TPSA) is 81.2 Å². The summed E-state index contributed by atoms with van der Waals surface area (Å²) < 4.78 is 6.76. The van der Waals surface area contributed by atoms with Gasteiger partial charge in [0.25, 0.3) is 0 Å². The van der Waals surface area contributed by atoms with E-state index in [1.807, 2.05) is 13.8 Å². The van der Waals surface area contributed by atoms with Gasteiger partial charge in [0, 0.05) is 25.1 Å². The molecule has 2 amide bonds. The minimum absolute atomic E-state index is 0.251. The number of carbonyl (C=O) groups is 2. The van der Waals surface area contributed by atoms with Gasteiger partial charge in [0.05, 0.1) is 24.1 Å². The van der Waals surface area contributed by atoms with Crippen molar-refractivity contribution in [2.75, 3.05) is 4.90 Å². The van der Waals surface area contributed by atoms with Crippen molar-refractivity contribution in [2.45, 2.75) is 40.7 Å². The van der Waals surface area contributed by atoms with E-state index < -0.39 is 0 Å². The van der Waals surface area contributed by atoms with Crippen molar-refractivity contribution in [1.29, 1.82) is 0 Å². The quantitative estimate of drug-likeness (QED) is 0.858. The molecule has 2 aromatic rings. The molecule has 0 atom stereocenters. The van der Waals surface area contributed by atoms with Crippen molar-refractivity contribution in [3.05, 3.63) is 29.4 Å². The lowest BCUT2D eigenvalue weighted by atomic mass is 10.2. The Balaban J connectivity index is 2.25. The van der Waals surface area contributed by atoms with Crippen LogP contribution in [-0.4, -0.2) is 26.8 Å². The molecule has 0 saturated heterocycles. The molecule has 0 N–H and O–H groups in total. The molecule has 7 heteroatoms. The predicted molar refractivity (Wildman–Crippen MR) is 75.8 cm³/mol. The van der Waals surface area contributed by atoms with Crippen LogP contribution < -0.4 is 4.90 Å². The number of aromatic nitrogens is 3. The molecule has 7 nitrogen and oxygen atoms in total. The Hall–Kier alpha value is -2.44. The van der Waals surface area contributed by atoms with E-state index in [2.05, 4.69) is 10.3 Å². The van der Waals surface area contributed by atoms with E-state index in [0.29, 0.717) is 12.2 Å². The third kappa shape index (κ3) is 3.01. The molecular formula is C14H18N4O3. The number of rotatable bonds is 4. The number of aryl methyl sites for hydroxylation is 2. The van der Waals surface area contributed by atoms with Gasteiger partial charge in [-0.1, -0.05) is 12.1 Å². The van der Waals surface area contributed by atoms with Crippen LogP contribution in [0.5, 0.6) is 0 Å². The van der Waals surface area contributed by atoms with Crippen LogP contribution in [0.25, 0.3) is 0 Å². The highest BCUT2D eigenvalue weighted by Gasteiger charge is 2.20. The van der Waals surface area contributed by atoms with Crippen LogP contribution in [0.4, 0.5) is 5.69 Å². The van der Waals surface area contributed by atoms with E-state index in [4.69, 9.17) is 4.52 Å². The Morgan fingerprint density at radius 2 is 2.10 bits per heavy atom. The zero-order valence-electron chi connectivity index (χ0n) is 12.6. The van der Waals surface area contributed by atoms with Crippen molar-refractivity contribution in [2.24, 2.45) is 0 Å². The number of nitrogens with zero attached hydrogens (tertiary/aromatic N) is 4. The molecule has 2 aromatic heterocycles. The van der Waals surface area contributed by atoms with Gasteiger partial charge in [0.1, 0.15) is 5.76 Å². The maximum absolute atomic E-state index is 11.8. The number of imide groups is 1. The zero-order chi connectivity index (χ0) is 15.6. The van der Waals surface area contributed by atoms with E-state index in [9.17, 15) is 9.59 Å². The number of amides is 2. The molecule has 0 fully saturated rings. The molecular weight excluding hydrogens is 272 g/mol. The monoisotopic (exact) mass is 290 g/mol. The normalized spacial score (nSPS) is 10.7. The lowest BCUT2D eigenvalue weighted by molar-refractivity contribution is -0.125. The van der Waals surface area contributed by atoms with Crippen LogP contribution >= 0.6 is 0 Å². The lowest BCUT2D eigenvalue weighted by Gasteiger charge is -2.15. The maximum Gasteiger partial charge on any atom is 0.233 e. The summed E-state index contributed by atoms with van der Waals surface area (Å²) in [7, 11) is 0. The second-order valence-corrected chi connectivity index (χ2v) is 4.80. The Morgan fingerprint density at radius 1 is 1.38 bits per heavy atom. The second-order valence-electron chi connectivity index (χ2n) is 4.80. The number of carbonyl (C=O) groups excluding carboxylic acids is 2. The van der Waals surface area contributed by atoms with E-state index >= 15 is 0 Å². The van der Waals surface area contributed by atoms with E-state index in [1.54, 1.807) is 17.8 Å². The van der Waals surface area contributed by atoms with Gasteiger partial charge in [-0.05, 0) is 13.8 Å². The Labute approximate surface area is 122 Å². The summed E-state index contributed by atoms with van der Waals surface area (Å²) in [4.78, 5) is 24.6. The first kappa shape index (κ1) is 15.0. The average molecular weight is 290 g/mol. The van der Waals surface area contributed by atoms with Crippen LogP contribution in [0.1, 0.15) is 37.3 Å². The second kappa shape index (κ2) is 5.90. The maximum atomic E-state index is 11.8. The predicted octanol–water partition coefficient (Wildman–Crippen LogP) is 1.83. The average Bonchev–Trinajstić information content (AvgIpc) is 3.00. The molecule has 0 saturated carbocycles. The largest absolute Gasteiger partial charge is 0.361 e. The fraction of sp³-hybridized carbons (Fsp3) is 0.429. The molecule has 112 valence electrons. The fourth-order valence-corrected chi connectivity index (χ4v) is 2.10. The number of hydrogen-bond acceptors (Lipinski definition) is 5. The van der Waals surface area contributed by atoms with Crippen LogP contribution in [0.2, 0.25) is 0 Å². The van der Waals surface area contributed by atoms with Crippen LogP contribution in [0.15, 0.2) is 16.9 Å². The Bertz CT molecular complexity index is 652. The summed E-state index contributed by atoms with van der Waals surface area (Å²) in [5.41, 5.74) is 2.22. The van der Waals surface area contributed by atoms with Crippen LogP contribution in [0, 0.1) is 13.8 Å². The minimum Gasteiger partial charge on any atom is -0.361 e. The van der Waals surface area contributed by atoms with Gasteiger partial charge < -0.3 is 4.52 Å². The smallest absolute Gasteiger partial charge is 0.233 e. The summed E-state index contributed by atoms with van der Waals surface area (Å²) in [6.07, 6.45) is 3.43. The molecule has 0 spiro atoms. The Kier molecular flexibility index (Phi) is 4.21. The molecule has 2 rings (SSSR count). The van der Waals surface area contributed by atoms with Crippen LogP contribution in [-0.2, 0) is 16.1 Å². The number of anilines is 1. The van der Waals surface area contributed by atoms with Crippen molar-refractivity contribution in [1.82, 2.24) is 14.9 Å². The summed E-state index contributed by atoms with van der Waals surface area (Å²) in [6.45, 7) is 7.25. The molecule has 0 unspecified atom stereocenters. The highest BCUT2D eigenvalue weighted by Crippen LogP contribution is 2.18. The number of hydrogen-bond donors (Lipinski definition) is 0. The fourth-order valence-electron chi connectivity index (χ4n) is 2.10. The molecule has 0 aliphatic heterocycles. The van der Waals surface area contributed by atoms with Crippen LogP contribution in [0.3, 0.4) is 0 Å². The van der Waals surface area contributed by atoms with Gasteiger partial charge in [-0.2, -0.15) is 5.10 Å². The zero-order valence-corrected chi connectivity index (χ0v) is 12.6. The van der Waals surface area contributed by atoms with Gasteiger partial charge in [-0.15, -0.1) is 0 Å². The highest BCUT2D eigenvalue weighted by atomic mass is 16.5.